The van der Waals surface area contributed by atoms with E-state index < -0.39 is 5.56 Å². The van der Waals surface area contributed by atoms with Crippen molar-refractivity contribution < 1.29 is 4.79 Å². The summed E-state index contributed by atoms with van der Waals surface area (Å²) in [5.41, 5.74) is 1.62. The van der Waals surface area contributed by atoms with E-state index >= 15 is 0 Å². The van der Waals surface area contributed by atoms with Gasteiger partial charge in [0.05, 0.1) is 0 Å². The maximum absolute atomic E-state index is 12.1. The van der Waals surface area contributed by atoms with E-state index in [9.17, 15) is 9.59 Å². The van der Waals surface area contributed by atoms with E-state index in [4.69, 9.17) is 16.9 Å². The standard InChI is InChI=1S/C16H14ClN3O2/c1-10-3-6-13(7-14(10)17)19-15(21)9-20-11(2)4-5-12(8-18)16(20)22/h3-7H,9H2,1-2H3,(H,19,21). The molecule has 0 bridgehead atoms. The first-order valence-electron chi connectivity index (χ1n) is 6.59. The first-order chi connectivity index (χ1) is 10.4. The van der Waals surface area contributed by atoms with E-state index in [2.05, 4.69) is 5.32 Å². The summed E-state index contributed by atoms with van der Waals surface area (Å²) in [5.74, 6) is -0.361. The monoisotopic (exact) mass is 315 g/mol. The van der Waals surface area contributed by atoms with Crippen molar-refractivity contribution in [2.75, 3.05) is 5.32 Å². The Morgan fingerprint density at radius 3 is 2.68 bits per heavy atom. The van der Waals surface area contributed by atoms with E-state index in [1.165, 1.54) is 10.6 Å². The molecule has 0 atom stereocenters. The van der Waals surface area contributed by atoms with Crippen LogP contribution in [0.3, 0.4) is 0 Å². The quantitative estimate of drug-likeness (QED) is 0.946. The molecule has 1 amide bonds. The minimum absolute atomic E-state index is 0.0109. The lowest BCUT2D eigenvalue weighted by Gasteiger charge is -2.11. The number of carbonyl (C=O) groups excluding carboxylic acids is 1. The van der Waals surface area contributed by atoms with Crippen LogP contribution in [0.4, 0.5) is 5.69 Å². The predicted molar refractivity (Wildman–Crippen MR) is 85.0 cm³/mol. The van der Waals surface area contributed by atoms with Crippen LogP contribution in [-0.4, -0.2) is 10.5 Å². The number of pyridine rings is 1. The van der Waals surface area contributed by atoms with E-state index in [0.717, 1.165) is 5.56 Å². The van der Waals surface area contributed by atoms with Gasteiger partial charge in [0.2, 0.25) is 5.91 Å². The fourth-order valence-corrected chi connectivity index (χ4v) is 2.15. The fourth-order valence-electron chi connectivity index (χ4n) is 1.97. The van der Waals surface area contributed by atoms with Crippen molar-refractivity contribution in [2.45, 2.75) is 20.4 Å². The number of halogens is 1. The van der Waals surface area contributed by atoms with Crippen molar-refractivity contribution in [3.05, 3.63) is 62.5 Å². The van der Waals surface area contributed by atoms with Crippen LogP contribution in [0.2, 0.25) is 5.02 Å². The van der Waals surface area contributed by atoms with Crippen molar-refractivity contribution in [2.24, 2.45) is 0 Å². The van der Waals surface area contributed by atoms with E-state index in [0.29, 0.717) is 16.4 Å². The number of benzene rings is 1. The van der Waals surface area contributed by atoms with Gasteiger partial charge in [-0.25, -0.2) is 0 Å². The van der Waals surface area contributed by atoms with Gasteiger partial charge < -0.3 is 9.88 Å². The molecule has 2 rings (SSSR count). The summed E-state index contributed by atoms with van der Waals surface area (Å²) in [4.78, 5) is 24.1. The van der Waals surface area contributed by atoms with Gasteiger partial charge in [-0.05, 0) is 43.7 Å². The molecule has 22 heavy (non-hydrogen) atoms. The Bertz CT molecular complexity index is 834. The normalized spacial score (nSPS) is 10.1. The second-order valence-corrected chi connectivity index (χ2v) is 5.31. The molecule has 6 heteroatoms. The molecule has 0 saturated carbocycles. The number of nitrogens with zero attached hydrogens (tertiary/aromatic N) is 2. The Hall–Kier alpha value is -2.58. The van der Waals surface area contributed by atoms with E-state index in [-0.39, 0.29) is 18.0 Å². The average molecular weight is 316 g/mol. The first-order valence-corrected chi connectivity index (χ1v) is 6.96. The van der Waals surface area contributed by atoms with Gasteiger partial charge in [-0.2, -0.15) is 5.26 Å². The average Bonchev–Trinajstić information content (AvgIpc) is 2.47. The molecule has 112 valence electrons. The third-order valence-corrected chi connectivity index (χ3v) is 3.68. The Balaban J connectivity index is 2.21. The number of aryl methyl sites for hydroxylation is 2. The number of nitrogens with one attached hydrogen (secondary N) is 1. The number of anilines is 1. The molecule has 0 unspecified atom stereocenters. The Labute approximate surface area is 132 Å². The van der Waals surface area contributed by atoms with E-state index in [1.807, 2.05) is 13.0 Å². The minimum Gasteiger partial charge on any atom is -0.324 e. The zero-order valence-electron chi connectivity index (χ0n) is 12.2. The van der Waals surface area contributed by atoms with Crippen LogP contribution in [0.15, 0.2) is 35.1 Å². The fraction of sp³-hybridized carbons (Fsp3) is 0.188. The summed E-state index contributed by atoms with van der Waals surface area (Å²) in [5, 5.41) is 12.1. The summed E-state index contributed by atoms with van der Waals surface area (Å²) >= 11 is 6.00. The zero-order chi connectivity index (χ0) is 16.3. The van der Waals surface area contributed by atoms with Crippen LogP contribution in [0.5, 0.6) is 0 Å². The van der Waals surface area contributed by atoms with Gasteiger partial charge in [0.25, 0.3) is 5.56 Å². The molecule has 0 spiro atoms. The smallest absolute Gasteiger partial charge is 0.269 e. The highest BCUT2D eigenvalue weighted by molar-refractivity contribution is 6.31. The lowest BCUT2D eigenvalue weighted by atomic mass is 10.2. The molecule has 2 aromatic rings. The number of rotatable bonds is 3. The molecule has 0 radical (unpaired) electrons. The highest BCUT2D eigenvalue weighted by Crippen LogP contribution is 2.19. The molecule has 1 heterocycles. The second kappa shape index (κ2) is 6.46. The van der Waals surface area contributed by atoms with Crippen molar-refractivity contribution in [3.8, 4) is 6.07 Å². The number of carbonyl (C=O) groups is 1. The van der Waals surface area contributed by atoms with Gasteiger partial charge in [0.1, 0.15) is 18.2 Å². The summed E-state index contributed by atoms with van der Waals surface area (Å²) in [6, 6.07) is 10.1. The van der Waals surface area contributed by atoms with Gasteiger partial charge in [0, 0.05) is 16.4 Å². The van der Waals surface area contributed by atoms with Crippen molar-refractivity contribution in [3.63, 3.8) is 0 Å². The molecule has 1 N–H and O–H groups in total. The number of amides is 1. The molecular weight excluding hydrogens is 302 g/mol. The maximum Gasteiger partial charge on any atom is 0.269 e. The third-order valence-electron chi connectivity index (χ3n) is 3.27. The molecule has 0 aliphatic rings. The number of nitriles is 1. The molecule has 0 aliphatic heterocycles. The second-order valence-electron chi connectivity index (χ2n) is 4.90. The van der Waals surface area contributed by atoms with Crippen LogP contribution in [0, 0.1) is 25.2 Å². The SMILES string of the molecule is Cc1ccc(NC(=O)Cn2c(C)ccc(C#N)c2=O)cc1Cl. The molecule has 0 saturated heterocycles. The minimum atomic E-state index is -0.473. The van der Waals surface area contributed by atoms with Crippen molar-refractivity contribution >= 4 is 23.2 Å². The van der Waals surface area contributed by atoms with Crippen LogP contribution in [0.1, 0.15) is 16.8 Å². The third kappa shape index (κ3) is 3.35. The highest BCUT2D eigenvalue weighted by atomic mass is 35.5. The van der Waals surface area contributed by atoms with Gasteiger partial charge >= 0.3 is 0 Å². The van der Waals surface area contributed by atoms with E-state index in [1.54, 1.807) is 31.2 Å². The Morgan fingerprint density at radius 2 is 2.05 bits per heavy atom. The summed E-state index contributed by atoms with van der Waals surface area (Å²) < 4.78 is 1.27. The molecule has 0 fully saturated rings. The van der Waals surface area contributed by atoms with Gasteiger partial charge in [0.15, 0.2) is 0 Å². The van der Waals surface area contributed by atoms with Crippen LogP contribution in [-0.2, 0) is 11.3 Å². The molecular formula is C16H14ClN3O2. The molecule has 5 nitrogen and oxygen atoms in total. The largest absolute Gasteiger partial charge is 0.324 e. The Kier molecular flexibility index (Phi) is 4.64. The van der Waals surface area contributed by atoms with Crippen LogP contribution < -0.4 is 10.9 Å². The van der Waals surface area contributed by atoms with Gasteiger partial charge in [-0.15, -0.1) is 0 Å². The number of hydrogen-bond acceptors (Lipinski definition) is 3. The first kappa shape index (κ1) is 15.8. The summed E-state index contributed by atoms with van der Waals surface area (Å²) in [7, 11) is 0. The van der Waals surface area contributed by atoms with Crippen molar-refractivity contribution in [1.82, 2.24) is 4.57 Å². The molecule has 1 aromatic heterocycles. The number of aromatic nitrogens is 1. The topological polar surface area (TPSA) is 74.9 Å². The summed E-state index contributed by atoms with van der Waals surface area (Å²) in [6.45, 7) is 3.41. The van der Waals surface area contributed by atoms with Gasteiger partial charge in [-0.1, -0.05) is 17.7 Å². The van der Waals surface area contributed by atoms with Crippen molar-refractivity contribution in [1.29, 1.82) is 5.26 Å². The lowest BCUT2D eigenvalue weighted by molar-refractivity contribution is -0.116. The van der Waals surface area contributed by atoms with Crippen LogP contribution >= 0.6 is 11.6 Å². The lowest BCUT2D eigenvalue weighted by Crippen LogP contribution is -2.30. The predicted octanol–water partition coefficient (Wildman–Crippen LogP) is 2.63. The Morgan fingerprint density at radius 1 is 1.32 bits per heavy atom. The molecule has 0 aliphatic carbocycles. The number of hydrogen-bond donors (Lipinski definition) is 1. The summed E-state index contributed by atoms with van der Waals surface area (Å²) in [6.07, 6.45) is 0. The maximum atomic E-state index is 12.1. The van der Waals surface area contributed by atoms with Crippen LogP contribution in [0.25, 0.3) is 0 Å². The zero-order valence-corrected chi connectivity index (χ0v) is 12.9. The molecule has 1 aromatic carbocycles. The van der Waals surface area contributed by atoms with Gasteiger partial charge in [-0.3, -0.25) is 9.59 Å². The highest BCUT2D eigenvalue weighted by Gasteiger charge is 2.10.